The number of hydrogen-bond acceptors (Lipinski definition) is 11. The number of halogens is 1. The number of fused-ring (bicyclic) bond motifs is 4. The van der Waals surface area contributed by atoms with Crippen molar-refractivity contribution in [2.75, 3.05) is 18.8 Å². The van der Waals surface area contributed by atoms with E-state index in [1.807, 2.05) is 75.2 Å². The van der Waals surface area contributed by atoms with Crippen molar-refractivity contribution >= 4 is 41.4 Å². The summed E-state index contributed by atoms with van der Waals surface area (Å²) in [5.74, 6) is -4.62. The predicted octanol–water partition coefficient (Wildman–Crippen LogP) is 8.15. The Morgan fingerprint density at radius 1 is 1.02 bits per heavy atom. The molecule has 306 valence electrons. The van der Waals surface area contributed by atoms with Crippen LogP contribution in [0.25, 0.3) is 5.76 Å². The topological polar surface area (TPSA) is 158 Å². The molecule has 0 bridgehead atoms. The van der Waals surface area contributed by atoms with Gasteiger partial charge in [0.1, 0.15) is 30.4 Å². The maximum atomic E-state index is 16.4. The van der Waals surface area contributed by atoms with Crippen LogP contribution in [-0.2, 0) is 38.9 Å². The van der Waals surface area contributed by atoms with Crippen LogP contribution in [-0.4, -0.2) is 63.2 Å². The van der Waals surface area contributed by atoms with Gasteiger partial charge in [-0.2, -0.15) is 0 Å². The van der Waals surface area contributed by atoms with Gasteiger partial charge in [-0.05, 0) is 67.3 Å². The van der Waals surface area contributed by atoms with Gasteiger partial charge < -0.3 is 23.5 Å². The standard InChI is InChI=1S/C43H48FN3O9SSi/c1-9-57(51,52)46-31-22-30(44)28-20-27-21-29-35(47(5)6)38-34(41(45-55-38)54-24-26-18-14-11-15-19-26)40(50)43(29,56-58(7,8)42(2,3)4)39(49)32(27)36(48)33(28)37(31)53-23-25-16-12-10-13-17-25/h9-19,22,27,29,35,46,48H,1,20-21,23-24H2,2-8H3/t27-,29-,35-,43-/m0/s1. The van der Waals surface area contributed by atoms with Gasteiger partial charge in [0.05, 0.1) is 17.3 Å². The zero-order chi connectivity index (χ0) is 41.9. The Balaban J connectivity index is 1.44. The molecule has 1 aromatic heterocycles. The van der Waals surface area contributed by atoms with E-state index < -0.39 is 70.0 Å². The number of carbonyl (C=O) groups is 2. The first kappa shape index (κ1) is 41.1. The predicted molar refractivity (Wildman–Crippen MR) is 219 cm³/mol. The van der Waals surface area contributed by atoms with Crippen molar-refractivity contribution in [1.29, 1.82) is 0 Å². The fourth-order valence-electron chi connectivity index (χ4n) is 8.11. The SMILES string of the molecule is C=CS(=O)(=O)Nc1cc(F)c2c(c1OCc1ccccc1)C(O)=C1C(=O)[C@]3(O[Si](C)(C)C(C)(C)C)C(=O)c4c(OCc5ccccc5)noc4[C@@H](N(C)C)[C@@H]3C[C@@H]1C2. The first-order valence-electron chi connectivity index (χ1n) is 19.0. The van der Waals surface area contributed by atoms with Gasteiger partial charge in [0.15, 0.2) is 25.4 Å². The molecular weight excluding hydrogens is 782 g/mol. The minimum atomic E-state index is -4.19. The molecule has 0 amide bonds. The largest absolute Gasteiger partial charge is 0.507 e. The van der Waals surface area contributed by atoms with Crippen molar-refractivity contribution < 1.29 is 45.9 Å². The number of hydrogen-bond donors (Lipinski definition) is 2. The molecule has 3 aliphatic rings. The average molecular weight is 830 g/mol. The number of carbonyl (C=O) groups excluding carboxylic acids is 2. The minimum absolute atomic E-state index is 0.0215. The summed E-state index contributed by atoms with van der Waals surface area (Å²) in [5, 5.41) is 16.9. The first-order chi connectivity index (χ1) is 27.3. The number of Topliss-reactive ketones (excluding diaryl/α,β-unsaturated/α-hetero) is 2. The van der Waals surface area contributed by atoms with Gasteiger partial charge in [-0.3, -0.25) is 19.2 Å². The van der Waals surface area contributed by atoms with Gasteiger partial charge in [-0.25, -0.2) is 12.8 Å². The number of sulfonamides is 1. The normalized spacial score (nSPS) is 21.8. The molecule has 4 atom stereocenters. The van der Waals surface area contributed by atoms with Gasteiger partial charge >= 0.3 is 0 Å². The van der Waals surface area contributed by atoms with Gasteiger partial charge in [-0.15, -0.1) is 0 Å². The van der Waals surface area contributed by atoms with Gasteiger partial charge in [0, 0.05) is 28.5 Å². The summed E-state index contributed by atoms with van der Waals surface area (Å²) in [5.41, 5.74) is -1.29. The summed E-state index contributed by atoms with van der Waals surface area (Å²) in [6.45, 7) is 13.2. The Kier molecular flexibility index (Phi) is 10.6. The lowest BCUT2D eigenvalue weighted by Gasteiger charge is -2.55. The molecule has 0 saturated heterocycles. The van der Waals surface area contributed by atoms with Crippen LogP contribution < -0.4 is 14.2 Å². The number of rotatable bonds is 12. The zero-order valence-electron chi connectivity index (χ0n) is 33.6. The summed E-state index contributed by atoms with van der Waals surface area (Å²) in [7, 11) is -3.62. The van der Waals surface area contributed by atoms with Gasteiger partial charge in [-0.1, -0.05) is 88.0 Å². The van der Waals surface area contributed by atoms with E-state index in [0.29, 0.717) is 11.0 Å². The van der Waals surface area contributed by atoms with E-state index in [1.165, 1.54) is 0 Å². The molecule has 1 heterocycles. The maximum Gasteiger partial charge on any atom is 0.265 e. The summed E-state index contributed by atoms with van der Waals surface area (Å²) in [6, 6.07) is 18.6. The third-order valence-corrected chi connectivity index (χ3v) is 17.3. The van der Waals surface area contributed by atoms with Crippen molar-refractivity contribution in [3.05, 3.63) is 124 Å². The van der Waals surface area contributed by atoms with Crippen molar-refractivity contribution in [3.8, 4) is 11.6 Å². The molecule has 1 saturated carbocycles. The highest BCUT2D eigenvalue weighted by Gasteiger charge is 2.69. The summed E-state index contributed by atoms with van der Waals surface area (Å²) in [6.07, 6.45) is 0.0385. The summed E-state index contributed by atoms with van der Waals surface area (Å²) >= 11 is 0. The maximum absolute atomic E-state index is 16.4. The minimum Gasteiger partial charge on any atom is -0.507 e. The molecule has 0 radical (unpaired) electrons. The molecule has 15 heteroatoms. The summed E-state index contributed by atoms with van der Waals surface area (Å²) < 4.78 is 69.7. The average Bonchev–Trinajstić information content (AvgIpc) is 3.58. The second kappa shape index (κ2) is 14.9. The molecule has 0 spiro atoms. The molecule has 0 aliphatic heterocycles. The number of benzene rings is 3. The van der Waals surface area contributed by atoms with Crippen LogP contribution in [0.4, 0.5) is 10.1 Å². The Morgan fingerprint density at radius 2 is 1.62 bits per heavy atom. The quantitative estimate of drug-likeness (QED) is 0.105. The fraction of sp³-hybridized carbons (Fsp3) is 0.372. The number of ketones is 2. The van der Waals surface area contributed by atoms with Gasteiger partial charge in [0.2, 0.25) is 11.6 Å². The zero-order valence-corrected chi connectivity index (χ0v) is 35.4. The van der Waals surface area contributed by atoms with Crippen LogP contribution >= 0.6 is 0 Å². The molecule has 12 nitrogen and oxygen atoms in total. The van der Waals surface area contributed by atoms with Crippen LogP contribution in [0, 0.1) is 17.7 Å². The number of aliphatic hydroxyl groups is 1. The van der Waals surface area contributed by atoms with Crippen LogP contribution in [0.1, 0.15) is 71.6 Å². The molecule has 0 unspecified atom stereocenters. The van der Waals surface area contributed by atoms with E-state index in [1.54, 1.807) is 38.4 Å². The Hall–Kier alpha value is -5.09. The lowest BCUT2D eigenvalue weighted by atomic mass is 9.57. The first-order valence-corrected chi connectivity index (χ1v) is 23.5. The van der Waals surface area contributed by atoms with Crippen molar-refractivity contribution in [2.24, 2.45) is 11.8 Å². The third kappa shape index (κ3) is 6.97. The smallest absolute Gasteiger partial charge is 0.265 e. The van der Waals surface area contributed by atoms with E-state index in [9.17, 15) is 13.5 Å². The number of aromatic nitrogens is 1. The van der Waals surface area contributed by atoms with E-state index in [-0.39, 0.29) is 71.4 Å². The second-order valence-electron chi connectivity index (χ2n) is 16.8. The van der Waals surface area contributed by atoms with Crippen LogP contribution in [0.2, 0.25) is 18.1 Å². The van der Waals surface area contributed by atoms with E-state index in [4.69, 9.17) is 18.4 Å². The fourth-order valence-corrected chi connectivity index (χ4v) is 10.1. The van der Waals surface area contributed by atoms with Crippen LogP contribution in [0.3, 0.4) is 0 Å². The van der Waals surface area contributed by atoms with Gasteiger partial charge in [0.25, 0.3) is 15.9 Å². The molecule has 7 rings (SSSR count). The Labute approximate surface area is 338 Å². The summed E-state index contributed by atoms with van der Waals surface area (Å²) in [4.78, 5) is 33.1. The number of anilines is 1. The number of nitrogens with zero attached hydrogens (tertiary/aromatic N) is 2. The monoisotopic (exact) mass is 829 g/mol. The molecule has 3 aromatic carbocycles. The van der Waals surface area contributed by atoms with Crippen molar-refractivity contribution in [2.45, 2.75) is 76.6 Å². The molecule has 4 aromatic rings. The van der Waals surface area contributed by atoms with E-state index >= 15 is 14.0 Å². The molecule has 1 fully saturated rings. The second-order valence-corrected chi connectivity index (χ2v) is 23.2. The Bertz CT molecular complexity index is 2430. The number of nitrogens with one attached hydrogen (secondary N) is 1. The highest BCUT2D eigenvalue weighted by atomic mass is 32.2. The molecule has 2 N–H and O–H groups in total. The van der Waals surface area contributed by atoms with Crippen LogP contribution in [0.15, 0.2) is 88.8 Å². The van der Waals surface area contributed by atoms with Crippen LogP contribution in [0.5, 0.6) is 11.6 Å². The lowest BCUT2D eigenvalue weighted by Crippen LogP contribution is -2.68. The highest BCUT2D eigenvalue weighted by molar-refractivity contribution is 7.95. The number of aliphatic hydroxyl groups excluding tert-OH is 1. The van der Waals surface area contributed by atoms with E-state index in [0.717, 1.165) is 11.6 Å². The van der Waals surface area contributed by atoms with Crippen molar-refractivity contribution in [3.63, 3.8) is 0 Å². The van der Waals surface area contributed by atoms with Crippen molar-refractivity contribution in [1.82, 2.24) is 10.1 Å². The van der Waals surface area contributed by atoms with E-state index in [2.05, 4.69) is 16.5 Å². The number of ether oxygens (including phenoxy) is 2. The molecule has 3 aliphatic carbocycles. The lowest BCUT2D eigenvalue weighted by molar-refractivity contribution is -0.140. The molecule has 58 heavy (non-hydrogen) atoms. The highest BCUT2D eigenvalue weighted by Crippen LogP contribution is 2.59. The molecular formula is C43H48FN3O9SSi. The third-order valence-electron chi connectivity index (χ3n) is 11.9. The Morgan fingerprint density at radius 3 is 2.19 bits per heavy atom.